The third-order valence-corrected chi connectivity index (χ3v) is 6.95. The maximum atomic E-state index is 6.07. The number of halogens is 1. The van der Waals surface area contributed by atoms with E-state index in [1.54, 1.807) is 22.7 Å². The van der Waals surface area contributed by atoms with Gasteiger partial charge in [-0.05, 0) is 26.1 Å². The van der Waals surface area contributed by atoms with Crippen LogP contribution in [-0.2, 0) is 0 Å². The summed E-state index contributed by atoms with van der Waals surface area (Å²) in [7, 11) is 2.06. The van der Waals surface area contributed by atoms with Crippen LogP contribution in [0, 0.1) is 0 Å². The zero-order chi connectivity index (χ0) is 15.3. The summed E-state index contributed by atoms with van der Waals surface area (Å²) in [6.07, 6.45) is 1.15. The number of rotatable bonds is 3. The number of anilines is 2. The molecule has 0 spiro atoms. The van der Waals surface area contributed by atoms with Crippen LogP contribution in [0.4, 0.5) is 10.1 Å². The van der Waals surface area contributed by atoms with Crippen LogP contribution in [0.3, 0.4) is 0 Å². The lowest BCUT2D eigenvalue weighted by Gasteiger charge is -2.27. The number of nitrogen functional groups attached to an aromatic ring is 1. The smallest absolute Gasteiger partial charge is 0.182 e. The van der Waals surface area contributed by atoms with Crippen molar-refractivity contribution in [3.8, 4) is 10.6 Å². The number of aromatic nitrogens is 1. The lowest BCUT2D eigenvalue weighted by Crippen LogP contribution is -2.51. The number of hydrogen-bond donors (Lipinski definition) is 3. The summed E-state index contributed by atoms with van der Waals surface area (Å²) in [5.74, 6) is 0. The Hall–Kier alpha value is -0.860. The Morgan fingerprint density at radius 2 is 2.45 bits per heavy atom. The quantitative estimate of drug-likeness (QED) is 0.788. The van der Waals surface area contributed by atoms with Gasteiger partial charge in [0.2, 0.25) is 0 Å². The van der Waals surface area contributed by atoms with Gasteiger partial charge in [-0.1, -0.05) is 22.9 Å². The maximum Gasteiger partial charge on any atom is 0.182 e. The summed E-state index contributed by atoms with van der Waals surface area (Å²) in [5.41, 5.74) is 7.11. The second-order valence-corrected chi connectivity index (χ2v) is 8.24. The molecule has 2 fully saturated rings. The number of nitrogens with zero attached hydrogens (tertiary/aromatic N) is 2. The molecule has 2 aliphatic heterocycles. The molecule has 22 heavy (non-hydrogen) atoms. The van der Waals surface area contributed by atoms with E-state index in [2.05, 4.69) is 27.6 Å². The normalized spacial score (nSPS) is 27.5. The summed E-state index contributed by atoms with van der Waals surface area (Å²) < 4.78 is 0. The van der Waals surface area contributed by atoms with Crippen LogP contribution in [0.1, 0.15) is 6.42 Å². The summed E-state index contributed by atoms with van der Waals surface area (Å²) in [4.78, 5) is 8.03. The molecular weight excluding hydrogens is 338 g/mol. The molecule has 0 aromatic carbocycles. The van der Waals surface area contributed by atoms with Crippen molar-refractivity contribution in [2.75, 3.05) is 37.3 Å². The SMILES string of the molecule is CN[C@]12CCN[C@H]1CN(c1sc(N)nc1-c1cc(Cl)cs1)C2. The van der Waals surface area contributed by atoms with Crippen molar-refractivity contribution in [2.24, 2.45) is 0 Å². The van der Waals surface area contributed by atoms with E-state index < -0.39 is 0 Å². The summed E-state index contributed by atoms with van der Waals surface area (Å²) in [5, 5.41) is 11.6. The molecule has 2 atom stereocenters. The van der Waals surface area contributed by atoms with E-state index in [-0.39, 0.29) is 5.54 Å². The monoisotopic (exact) mass is 355 g/mol. The second kappa shape index (κ2) is 5.35. The first kappa shape index (κ1) is 14.7. The highest BCUT2D eigenvalue weighted by Gasteiger charge is 2.49. The van der Waals surface area contributed by atoms with Crippen LogP contribution in [0.5, 0.6) is 0 Å². The number of thiophene rings is 1. The molecule has 0 saturated carbocycles. The lowest BCUT2D eigenvalue weighted by atomic mass is 9.94. The molecule has 2 saturated heterocycles. The Bertz CT molecular complexity index is 699. The van der Waals surface area contributed by atoms with Crippen molar-refractivity contribution in [1.82, 2.24) is 15.6 Å². The van der Waals surface area contributed by atoms with Crippen molar-refractivity contribution in [3.05, 3.63) is 16.5 Å². The van der Waals surface area contributed by atoms with Gasteiger partial charge in [-0.15, -0.1) is 11.3 Å². The minimum Gasteiger partial charge on any atom is -0.375 e. The zero-order valence-corrected chi connectivity index (χ0v) is 14.6. The molecule has 2 aromatic rings. The molecule has 0 radical (unpaired) electrons. The second-order valence-electron chi connectivity index (χ2n) is 5.88. The highest BCUT2D eigenvalue weighted by atomic mass is 35.5. The van der Waals surface area contributed by atoms with Gasteiger partial charge in [0, 0.05) is 24.5 Å². The van der Waals surface area contributed by atoms with Crippen LogP contribution in [0.25, 0.3) is 10.6 Å². The molecule has 0 unspecified atom stereocenters. The van der Waals surface area contributed by atoms with Gasteiger partial charge < -0.3 is 21.3 Å². The Morgan fingerprint density at radius 3 is 3.14 bits per heavy atom. The molecule has 0 amide bonds. The molecule has 8 heteroatoms. The predicted molar refractivity (Wildman–Crippen MR) is 95.3 cm³/mol. The van der Waals surface area contributed by atoms with Crippen molar-refractivity contribution in [1.29, 1.82) is 0 Å². The van der Waals surface area contributed by atoms with E-state index in [9.17, 15) is 0 Å². The first-order valence-electron chi connectivity index (χ1n) is 7.29. The minimum atomic E-state index is 0.156. The average Bonchev–Trinajstić information content (AvgIpc) is 3.19. The summed E-state index contributed by atoms with van der Waals surface area (Å²) in [6.45, 7) is 3.04. The van der Waals surface area contributed by atoms with E-state index in [0.29, 0.717) is 11.2 Å². The topological polar surface area (TPSA) is 66.2 Å². The first-order chi connectivity index (χ1) is 10.6. The summed E-state index contributed by atoms with van der Waals surface area (Å²) >= 11 is 9.25. The van der Waals surface area contributed by atoms with E-state index in [1.165, 1.54) is 0 Å². The fourth-order valence-corrected chi connectivity index (χ4v) is 5.55. The van der Waals surface area contributed by atoms with Gasteiger partial charge in [-0.25, -0.2) is 4.98 Å². The minimum absolute atomic E-state index is 0.156. The third-order valence-electron chi connectivity index (χ3n) is 4.72. The van der Waals surface area contributed by atoms with Gasteiger partial charge in [0.05, 0.1) is 15.4 Å². The molecule has 118 valence electrons. The fourth-order valence-electron chi connectivity index (χ4n) is 3.57. The summed E-state index contributed by atoms with van der Waals surface area (Å²) in [6, 6.07) is 2.44. The maximum absolute atomic E-state index is 6.07. The molecule has 0 aliphatic carbocycles. The molecule has 4 N–H and O–H groups in total. The van der Waals surface area contributed by atoms with Crippen LogP contribution >= 0.6 is 34.3 Å². The van der Waals surface area contributed by atoms with E-state index in [1.807, 2.05) is 11.4 Å². The largest absolute Gasteiger partial charge is 0.375 e. The Labute approximate surface area is 142 Å². The van der Waals surface area contributed by atoms with Crippen molar-refractivity contribution in [3.63, 3.8) is 0 Å². The van der Waals surface area contributed by atoms with Gasteiger partial charge >= 0.3 is 0 Å². The average molecular weight is 356 g/mol. The highest BCUT2D eigenvalue weighted by molar-refractivity contribution is 7.20. The molecule has 4 rings (SSSR count). The van der Waals surface area contributed by atoms with Crippen molar-refractivity contribution < 1.29 is 0 Å². The molecular formula is C14H18ClN5S2. The Morgan fingerprint density at radius 1 is 1.59 bits per heavy atom. The first-order valence-corrected chi connectivity index (χ1v) is 9.37. The predicted octanol–water partition coefficient (Wildman–Crippen LogP) is 2.25. The van der Waals surface area contributed by atoms with Crippen LogP contribution in [0.2, 0.25) is 5.02 Å². The molecule has 0 bridgehead atoms. The third kappa shape index (κ3) is 2.23. The number of thiazole rings is 1. The van der Waals surface area contributed by atoms with Crippen LogP contribution in [-0.4, -0.2) is 43.2 Å². The number of fused-ring (bicyclic) bond motifs is 1. The van der Waals surface area contributed by atoms with Crippen molar-refractivity contribution >= 4 is 44.4 Å². The standard InChI is InChI=1S/C14H18ClN5S2/c1-17-14-2-3-18-10(14)5-20(7-14)12-11(19-13(16)22-12)9-4-8(15)6-21-9/h4,6,10,17-18H,2-3,5,7H2,1H3,(H2,16,19)/t10-,14-/m0/s1. The fraction of sp³-hybridized carbons (Fsp3) is 0.500. The Balaban J connectivity index is 1.69. The molecule has 5 nitrogen and oxygen atoms in total. The van der Waals surface area contributed by atoms with Gasteiger partial charge in [0.25, 0.3) is 0 Å². The van der Waals surface area contributed by atoms with Gasteiger partial charge in [0.15, 0.2) is 5.13 Å². The highest BCUT2D eigenvalue weighted by Crippen LogP contribution is 2.43. The van der Waals surface area contributed by atoms with E-state index in [0.717, 1.165) is 46.6 Å². The number of nitrogens with two attached hydrogens (primary N) is 1. The van der Waals surface area contributed by atoms with Gasteiger partial charge in [0.1, 0.15) is 10.7 Å². The number of nitrogens with one attached hydrogen (secondary N) is 2. The van der Waals surface area contributed by atoms with Crippen LogP contribution in [0.15, 0.2) is 11.4 Å². The molecule has 2 aromatic heterocycles. The van der Waals surface area contributed by atoms with E-state index in [4.69, 9.17) is 17.3 Å². The number of likely N-dealkylation sites (N-methyl/N-ethyl adjacent to an activating group) is 1. The van der Waals surface area contributed by atoms with E-state index >= 15 is 0 Å². The molecule has 2 aliphatic rings. The zero-order valence-electron chi connectivity index (χ0n) is 12.2. The molecule has 4 heterocycles. The van der Waals surface area contributed by atoms with Gasteiger partial charge in [-0.3, -0.25) is 0 Å². The lowest BCUT2D eigenvalue weighted by molar-refractivity contribution is 0.375. The van der Waals surface area contributed by atoms with Crippen molar-refractivity contribution in [2.45, 2.75) is 18.0 Å². The number of hydrogen-bond acceptors (Lipinski definition) is 7. The Kier molecular flexibility index (Phi) is 3.58. The van der Waals surface area contributed by atoms with Crippen LogP contribution < -0.4 is 21.3 Å². The van der Waals surface area contributed by atoms with Gasteiger partial charge in [-0.2, -0.15) is 0 Å².